The van der Waals surface area contributed by atoms with Gasteiger partial charge in [-0.2, -0.15) is 0 Å². The van der Waals surface area contributed by atoms with Gasteiger partial charge < -0.3 is 5.73 Å². The Bertz CT molecular complexity index is 434. The van der Waals surface area contributed by atoms with Crippen molar-refractivity contribution in [3.8, 4) is 0 Å². The Morgan fingerprint density at radius 1 is 1.27 bits per heavy atom. The van der Waals surface area contributed by atoms with E-state index in [9.17, 15) is 0 Å². The van der Waals surface area contributed by atoms with Crippen LogP contribution in [0.2, 0.25) is 0 Å². The lowest BCUT2D eigenvalue weighted by Gasteiger charge is -1.95. The number of hydrogen-bond donors (Lipinski definition) is 1. The molecule has 0 saturated heterocycles. The molecule has 0 bridgehead atoms. The quantitative estimate of drug-likeness (QED) is 0.859. The van der Waals surface area contributed by atoms with Gasteiger partial charge in [0.05, 0.1) is 10.7 Å². The van der Waals surface area contributed by atoms with Crippen LogP contribution in [0.4, 0.5) is 0 Å². The second-order valence-electron chi connectivity index (χ2n) is 3.48. The van der Waals surface area contributed by atoms with Gasteiger partial charge in [0.15, 0.2) is 0 Å². The minimum atomic E-state index is 0.596. The highest BCUT2D eigenvalue weighted by atomic mass is 32.1. The minimum Gasteiger partial charge on any atom is -0.326 e. The molecule has 0 amide bonds. The highest BCUT2D eigenvalue weighted by Gasteiger charge is 2.06. The molecule has 1 heterocycles. The maximum absolute atomic E-state index is 5.63. The lowest BCUT2D eigenvalue weighted by molar-refractivity contribution is 1.04. The Morgan fingerprint density at radius 3 is 2.60 bits per heavy atom. The summed E-state index contributed by atoms with van der Waals surface area (Å²) in [5.41, 5.74) is 8.01. The largest absolute Gasteiger partial charge is 0.326 e. The van der Waals surface area contributed by atoms with Gasteiger partial charge in [0.2, 0.25) is 0 Å². The van der Waals surface area contributed by atoms with E-state index in [4.69, 9.17) is 5.73 Å². The van der Waals surface area contributed by atoms with Crippen LogP contribution in [-0.2, 0) is 13.0 Å². The Morgan fingerprint density at radius 2 is 2.00 bits per heavy atom. The molecule has 0 fully saturated rings. The molecule has 3 heteroatoms. The van der Waals surface area contributed by atoms with Crippen molar-refractivity contribution in [1.82, 2.24) is 4.98 Å². The van der Waals surface area contributed by atoms with E-state index in [1.165, 1.54) is 10.4 Å². The molecule has 2 nitrogen and oxygen atoms in total. The van der Waals surface area contributed by atoms with Crippen LogP contribution < -0.4 is 5.73 Å². The third-order valence-electron chi connectivity index (χ3n) is 2.32. The van der Waals surface area contributed by atoms with E-state index in [0.29, 0.717) is 6.54 Å². The van der Waals surface area contributed by atoms with Crippen molar-refractivity contribution >= 4 is 11.3 Å². The van der Waals surface area contributed by atoms with Crippen molar-refractivity contribution < 1.29 is 0 Å². The average Bonchev–Trinajstić information content (AvgIpc) is 2.60. The highest BCUT2D eigenvalue weighted by molar-refractivity contribution is 7.11. The molecule has 2 aromatic rings. The number of hydrogen-bond acceptors (Lipinski definition) is 3. The van der Waals surface area contributed by atoms with E-state index in [1.54, 1.807) is 11.3 Å². The first kappa shape index (κ1) is 10.3. The number of nitrogens with two attached hydrogens (primary N) is 1. The first-order chi connectivity index (χ1) is 7.29. The predicted octanol–water partition coefficient (Wildman–Crippen LogP) is 2.50. The maximum Gasteiger partial charge on any atom is 0.0975 e. The van der Waals surface area contributed by atoms with Gasteiger partial charge in [-0.3, -0.25) is 0 Å². The van der Waals surface area contributed by atoms with Crippen LogP contribution in [0.25, 0.3) is 0 Å². The first-order valence-electron chi connectivity index (χ1n) is 4.99. The molecule has 2 rings (SSSR count). The van der Waals surface area contributed by atoms with E-state index < -0.39 is 0 Å². The molecule has 0 saturated carbocycles. The molecule has 1 aromatic heterocycles. The van der Waals surface area contributed by atoms with Crippen molar-refractivity contribution in [3.63, 3.8) is 0 Å². The van der Waals surface area contributed by atoms with Gasteiger partial charge in [-0.1, -0.05) is 30.3 Å². The number of nitrogens with zero attached hydrogens (tertiary/aromatic N) is 1. The number of aromatic nitrogens is 1. The fourth-order valence-corrected chi connectivity index (χ4v) is 2.51. The SMILES string of the molecule is Cc1nc(Cc2ccccc2)sc1CN. The van der Waals surface area contributed by atoms with Crippen LogP contribution >= 0.6 is 11.3 Å². The fourth-order valence-electron chi connectivity index (χ4n) is 1.52. The Hall–Kier alpha value is -1.19. The van der Waals surface area contributed by atoms with Crippen molar-refractivity contribution in [3.05, 3.63) is 51.5 Å². The summed E-state index contributed by atoms with van der Waals surface area (Å²) in [5, 5.41) is 1.15. The van der Waals surface area contributed by atoms with Crippen LogP contribution in [-0.4, -0.2) is 4.98 Å². The van der Waals surface area contributed by atoms with Crippen molar-refractivity contribution in [2.75, 3.05) is 0 Å². The summed E-state index contributed by atoms with van der Waals surface area (Å²) in [6.45, 7) is 2.62. The van der Waals surface area contributed by atoms with Crippen LogP contribution in [0.1, 0.15) is 21.1 Å². The molecule has 0 unspecified atom stereocenters. The predicted molar refractivity (Wildman–Crippen MR) is 64.0 cm³/mol. The number of thiazole rings is 1. The van der Waals surface area contributed by atoms with E-state index in [1.807, 2.05) is 13.0 Å². The van der Waals surface area contributed by atoms with Crippen LogP contribution in [0.3, 0.4) is 0 Å². The van der Waals surface area contributed by atoms with E-state index in [-0.39, 0.29) is 0 Å². The summed E-state index contributed by atoms with van der Waals surface area (Å²) in [5.74, 6) is 0. The number of aryl methyl sites for hydroxylation is 1. The molecule has 78 valence electrons. The molecule has 1 aromatic carbocycles. The zero-order chi connectivity index (χ0) is 10.7. The Balaban J connectivity index is 2.18. The monoisotopic (exact) mass is 218 g/mol. The van der Waals surface area contributed by atoms with Crippen LogP contribution in [0, 0.1) is 6.92 Å². The molecule has 15 heavy (non-hydrogen) atoms. The average molecular weight is 218 g/mol. The summed E-state index contributed by atoms with van der Waals surface area (Å²) < 4.78 is 0. The number of benzene rings is 1. The molecule has 0 radical (unpaired) electrons. The molecule has 0 atom stereocenters. The molecule has 0 aliphatic heterocycles. The smallest absolute Gasteiger partial charge is 0.0975 e. The fraction of sp³-hybridized carbons (Fsp3) is 0.250. The molecule has 0 aliphatic rings. The van der Waals surface area contributed by atoms with Gasteiger partial charge in [-0.15, -0.1) is 11.3 Å². The standard InChI is InChI=1S/C12H14N2S/c1-9-11(8-13)15-12(14-9)7-10-5-3-2-4-6-10/h2-6H,7-8,13H2,1H3. The molecule has 0 spiro atoms. The third kappa shape index (κ3) is 2.43. The molecular formula is C12H14N2S. The van der Waals surface area contributed by atoms with Gasteiger partial charge in [-0.05, 0) is 12.5 Å². The van der Waals surface area contributed by atoms with Gasteiger partial charge in [0.25, 0.3) is 0 Å². The second-order valence-corrected chi connectivity index (χ2v) is 4.65. The summed E-state index contributed by atoms with van der Waals surface area (Å²) in [6, 6.07) is 10.4. The summed E-state index contributed by atoms with van der Waals surface area (Å²) >= 11 is 1.72. The molecule has 2 N–H and O–H groups in total. The Labute approximate surface area is 93.8 Å². The molecular weight excluding hydrogens is 204 g/mol. The molecule has 0 aliphatic carbocycles. The van der Waals surface area contributed by atoms with Crippen molar-refractivity contribution in [2.45, 2.75) is 19.9 Å². The van der Waals surface area contributed by atoms with Gasteiger partial charge in [0.1, 0.15) is 0 Å². The zero-order valence-corrected chi connectivity index (χ0v) is 9.55. The number of rotatable bonds is 3. The van der Waals surface area contributed by atoms with E-state index >= 15 is 0 Å². The Kier molecular flexibility index (Phi) is 3.14. The van der Waals surface area contributed by atoms with Crippen LogP contribution in [0.15, 0.2) is 30.3 Å². The summed E-state index contributed by atoms with van der Waals surface area (Å²) in [4.78, 5) is 5.71. The van der Waals surface area contributed by atoms with Gasteiger partial charge >= 0.3 is 0 Å². The summed E-state index contributed by atoms with van der Waals surface area (Å²) in [6.07, 6.45) is 0.909. The third-order valence-corrected chi connectivity index (χ3v) is 3.50. The van der Waals surface area contributed by atoms with Crippen LogP contribution in [0.5, 0.6) is 0 Å². The lowest BCUT2D eigenvalue weighted by atomic mass is 10.2. The van der Waals surface area contributed by atoms with Gasteiger partial charge in [0, 0.05) is 17.8 Å². The summed E-state index contributed by atoms with van der Waals surface area (Å²) in [7, 11) is 0. The normalized spacial score (nSPS) is 10.5. The van der Waals surface area contributed by atoms with Crippen molar-refractivity contribution in [1.29, 1.82) is 0 Å². The second kappa shape index (κ2) is 4.55. The lowest BCUT2D eigenvalue weighted by Crippen LogP contribution is -1.94. The topological polar surface area (TPSA) is 38.9 Å². The highest BCUT2D eigenvalue weighted by Crippen LogP contribution is 2.19. The minimum absolute atomic E-state index is 0.596. The maximum atomic E-state index is 5.63. The zero-order valence-electron chi connectivity index (χ0n) is 8.73. The van der Waals surface area contributed by atoms with Crippen molar-refractivity contribution in [2.24, 2.45) is 5.73 Å². The van der Waals surface area contributed by atoms with E-state index in [0.717, 1.165) is 17.1 Å². The van der Waals surface area contributed by atoms with Gasteiger partial charge in [-0.25, -0.2) is 4.98 Å². The van der Waals surface area contributed by atoms with E-state index in [2.05, 4.69) is 29.2 Å². The first-order valence-corrected chi connectivity index (χ1v) is 5.80.